The van der Waals surface area contributed by atoms with Crippen molar-refractivity contribution in [1.82, 2.24) is 9.36 Å². The number of anilines is 1. The Kier molecular flexibility index (Phi) is 4.32. The standard InChI is InChI=1S/C16H23N3O/c1-4-7-14-15(17)16(20)19(18(14)10-5-2)13-9-6-8-12(3)11-13/h6,8-9,11H,4-5,7,10,17H2,1-3H3. The maximum absolute atomic E-state index is 12.5. The fraction of sp³-hybridized carbons (Fsp3) is 0.438. The Labute approximate surface area is 119 Å². The van der Waals surface area contributed by atoms with Crippen molar-refractivity contribution in [3.05, 3.63) is 45.9 Å². The van der Waals surface area contributed by atoms with Gasteiger partial charge in [0.05, 0.1) is 11.4 Å². The molecular formula is C16H23N3O. The molecule has 0 spiro atoms. The monoisotopic (exact) mass is 273 g/mol. The van der Waals surface area contributed by atoms with Crippen molar-refractivity contribution < 1.29 is 0 Å². The lowest BCUT2D eigenvalue weighted by Crippen LogP contribution is -2.22. The zero-order chi connectivity index (χ0) is 14.7. The summed E-state index contributed by atoms with van der Waals surface area (Å²) < 4.78 is 3.76. The van der Waals surface area contributed by atoms with Gasteiger partial charge in [-0.2, -0.15) is 0 Å². The van der Waals surface area contributed by atoms with Gasteiger partial charge in [0.25, 0.3) is 5.56 Å². The minimum Gasteiger partial charge on any atom is -0.393 e. The van der Waals surface area contributed by atoms with E-state index in [1.54, 1.807) is 4.68 Å². The van der Waals surface area contributed by atoms with Crippen LogP contribution in [0.25, 0.3) is 5.69 Å². The number of hydrogen-bond donors (Lipinski definition) is 1. The van der Waals surface area contributed by atoms with E-state index in [1.165, 1.54) is 0 Å². The SMILES string of the molecule is CCCc1c(N)c(=O)n(-c2cccc(C)c2)n1CCC. The second-order valence-corrected chi connectivity index (χ2v) is 5.19. The van der Waals surface area contributed by atoms with Crippen molar-refractivity contribution in [2.24, 2.45) is 0 Å². The Morgan fingerprint density at radius 2 is 1.95 bits per heavy atom. The molecule has 0 saturated heterocycles. The first-order chi connectivity index (χ1) is 9.60. The average Bonchev–Trinajstić information content (AvgIpc) is 2.65. The highest BCUT2D eigenvalue weighted by molar-refractivity contribution is 5.46. The molecule has 0 aliphatic carbocycles. The van der Waals surface area contributed by atoms with Crippen LogP contribution in [0.2, 0.25) is 0 Å². The van der Waals surface area contributed by atoms with Gasteiger partial charge in [0, 0.05) is 6.54 Å². The molecule has 1 aromatic heterocycles. The van der Waals surface area contributed by atoms with Crippen LogP contribution in [0, 0.1) is 6.92 Å². The molecule has 0 saturated carbocycles. The molecule has 4 heteroatoms. The lowest BCUT2D eigenvalue weighted by Gasteiger charge is -2.14. The molecular weight excluding hydrogens is 250 g/mol. The summed E-state index contributed by atoms with van der Waals surface area (Å²) in [7, 11) is 0. The Morgan fingerprint density at radius 1 is 1.20 bits per heavy atom. The molecule has 0 fully saturated rings. The van der Waals surface area contributed by atoms with Crippen LogP contribution in [0.4, 0.5) is 5.69 Å². The summed E-state index contributed by atoms with van der Waals surface area (Å²) >= 11 is 0. The van der Waals surface area contributed by atoms with Crippen LogP contribution in [-0.2, 0) is 13.0 Å². The lowest BCUT2D eigenvalue weighted by molar-refractivity contribution is 0.512. The summed E-state index contributed by atoms with van der Waals surface area (Å²) in [5.41, 5.74) is 9.31. The number of nitrogen functional groups attached to an aromatic ring is 1. The van der Waals surface area contributed by atoms with Crippen molar-refractivity contribution in [3.8, 4) is 5.69 Å². The fourth-order valence-corrected chi connectivity index (χ4v) is 2.57. The second-order valence-electron chi connectivity index (χ2n) is 5.19. The van der Waals surface area contributed by atoms with Crippen molar-refractivity contribution in [2.75, 3.05) is 5.73 Å². The van der Waals surface area contributed by atoms with E-state index >= 15 is 0 Å². The first-order valence-electron chi connectivity index (χ1n) is 7.27. The Bertz CT molecular complexity index is 652. The maximum atomic E-state index is 12.5. The van der Waals surface area contributed by atoms with Gasteiger partial charge in [-0.25, -0.2) is 4.68 Å². The first-order valence-corrected chi connectivity index (χ1v) is 7.27. The maximum Gasteiger partial charge on any atom is 0.294 e. The lowest BCUT2D eigenvalue weighted by atomic mass is 10.2. The van der Waals surface area contributed by atoms with Gasteiger partial charge in [0.1, 0.15) is 5.69 Å². The van der Waals surface area contributed by atoms with E-state index < -0.39 is 0 Å². The molecule has 2 N–H and O–H groups in total. The molecule has 0 aliphatic heterocycles. The second kappa shape index (κ2) is 5.99. The molecule has 108 valence electrons. The third kappa shape index (κ3) is 2.50. The Morgan fingerprint density at radius 3 is 2.55 bits per heavy atom. The number of aryl methyl sites for hydroxylation is 1. The van der Waals surface area contributed by atoms with E-state index in [1.807, 2.05) is 35.9 Å². The summed E-state index contributed by atoms with van der Waals surface area (Å²) in [5, 5.41) is 0. The predicted octanol–water partition coefficient (Wildman–Crippen LogP) is 2.89. The van der Waals surface area contributed by atoms with E-state index in [-0.39, 0.29) is 5.56 Å². The third-order valence-corrected chi connectivity index (χ3v) is 3.46. The van der Waals surface area contributed by atoms with Gasteiger partial charge in [-0.15, -0.1) is 0 Å². The summed E-state index contributed by atoms with van der Waals surface area (Å²) in [6.07, 6.45) is 2.78. The molecule has 0 unspecified atom stereocenters. The van der Waals surface area contributed by atoms with Crippen LogP contribution in [0.15, 0.2) is 29.1 Å². The van der Waals surface area contributed by atoms with Crippen LogP contribution >= 0.6 is 0 Å². The molecule has 2 rings (SSSR count). The number of hydrogen-bond acceptors (Lipinski definition) is 2. The van der Waals surface area contributed by atoms with Crippen molar-refractivity contribution in [1.29, 1.82) is 0 Å². The Hall–Kier alpha value is -1.97. The summed E-state index contributed by atoms with van der Waals surface area (Å²) in [6, 6.07) is 7.96. The van der Waals surface area contributed by atoms with Gasteiger partial charge >= 0.3 is 0 Å². The first kappa shape index (κ1) is 14.4. The number of benzene rings is 1. The van der Waals surface area contributed by atoms with Gasteiger partial charge < -0.3 is 5.73 Å². The quantitative estimate of drug-likeness (QED) is 0.910. The van der Waals surface area contributed by atoms with Gasteiger partial charge in [-0.05, 0) is 37.5 Å². The zero-order valence-electron chi connectivity index (χ0n) is 12.5. The van der Waals surface area contributed by atoms with Crippen LogP contribution < -0.4 is 11.3 Å². The van der Waals surface area contributed by atoms with Crippen LogP contribution in [-0.4, -0.2) is 9.36 Å². The molecule has 0 amide bonds. The highest BCUT2D eigenvalue weighted by Crippen LogP contribution is 2.17. The highest BCUT2D eigenvalue weighted by Gasteiger charge is 2.17. The minimum absolute atomic E-state index is 0.104. The molecule has 0 atom stereocenters. The number of nitrogens with two attached hydrogens (primary N) is 1. The Balaban J connectivity index is 2.68. The summed E-state index contributed by atoms with van der Waals surface area (Å²) in [5.74, 6) is 0. The molecule has 1 aromatic carbocycles. The number of nitrogens with zero attached hydrogens (tertiary/aromatic N) is 2. The molecule has 20 heavy (non-hydrogen) atoms. The smallest absolute Gasteiger partial charge is 0.294 e. The van der Waals surface area contributed by atoms with Crippen LogP contribution in [0.3, 0.4) is 0 Å². The van der Waals surface area contributed by atoms with Crippen LogP contribution in [0.1, 0.15) is 37.9 Å². The van der Waals surface area contributed by atoms with E-state index in [9.17, 15) is 4.79 Å². The van der Waals surface area contributed by atoms with Gasteiger partial charge in [0.2, 0.25) is 0 Å². The summed E-state index contributed by atoms with van der Waals surface area (Å²) in [4.78, 5) is 12.5. The van der Waals surface area contributed by atoms with Crippen molar-refractivity contribution in [3.63, 3.8) is 0 Å². The van der Waals surface area contributed by atoms with E-state index in [0.717, 1.165) is 42.8 Å². The number of aromatic nitrogens is 2. The zero-order valence-corrected chi connectivity index (χ0v) is 12.5. The minimum atomic E-state index is -0.104. The van der Waals surface area contributed by atoms with E-state index in [2.05, 4.69) is 13.8 Å². The topological polar surface area (TPSA) is 53.0 Å². The molecule has 0 bridgehead atoms. The van der Waals surface area contributed by atoms with Gasteiger partial charge in [0.15, 0.2) is 0 Å². The molecule has 2 aromatic rings. The highest BCUT2D eigenvalue weighted by atomic mass is 16.1. The largest absolute Gasteiger partial charge is 0.393 e. The van der Waals surface area contributed by atoms with Crippen molar-refractivity contribution >= 4 is 5.69 Å². The molecule has 1 heterocycles. The molecule has 4 nitrogen and oxygen atoms in total. The van der Waals surface area contributed by atoms with E-state index in [4.69, 9.17) is 5.73 Å². The fourth-order valence-electron chi connectivity index (χ4n) is 2.57. The average molecular weight is 273 g/mol. The third-order valence-electron chi connectivity index (χ3n) is 3.46. The molecule has 0 aliphatic rings. The van der Waals surface area contributed by atoms with Crippen molar-refractivity contribution in [2.45, 2.75) is 46.6 Å². The van der Waals surface area contributed by atoms with Gasteiger partial charge in [-0.1, -0.05) is 32.4 Å². The summed E-state index contributed by atoms with van der Waals surface area (Å²) in [6.45, 7) is 7.04. The predicted molar refractivity (Wildman–Crippen MR) is 83.5 cm³/mol. The molecule has 0 radical (unpaired) electrons. The number of rotatable bonds is 5. The van der Waals surface area contributed by atoms with E-state index in [0.29, 0.717) is 5.69 Å². The van der Waals surface area contributed by atoms with Gasteiger partial charge in [-0.3, -0.25) is 9.48 Å². The van der Waals surface area contributed by atoms with Crippen LogP contribution in [0.5, 0.6) is 0 Å². The normalized spacial score (nSPS) is 10.9.